The Morgan fingerprint density at radius 2 is 1.72 bits per heavy atom. The predicted molar refractivity (Wildman–Crippen MR) is 122 cm³/mol. The molecule has 0 unspecified atom stereocenters. The van der Waals surface area contributed by atoms with Gasteiger partial charge in [0.2, 0.25) is 0 Å². The third kappa shape index (κ3) is 4.02. The lowest BCUT2D eigenvalue weighted by atomic mass is 9.49. The number of aryl methyl sites for hydroxylation is 3. The summed E-state index contributed by atoms with van der Waals surface area (Å²) in [5.41, 5.74) is 1.70. The number of hydrogen-bond acceptors (Lipinski definition) is 6. The lowest BCUT2D eigenvalue weighted by molar-refractivity contribution is -0.164. The molecule has 1 aliphatic rings. The fourth-order valence-electron chi connectivity index (χ4n) is 5.30. The second-order valence-electron chi connectivity index (χ2n) is 9.57. The van der Waals surface area contributed by atoms with E-state index in [1.54, 1.807) is 18.2 Å². The van der Waals surface area contributed by atoms with Crippen molar-refractivity contribution < 1.29 is 14.3 Å². The molecule has 1 N–H and O–H groups in total. The van der Waals surface area contributed by atoms with Crippen molar-refractivity contribution in [1.29, 1.82) is 5.26 Å². The molecular formula is C25H32N4O3. The number of ether oxygens (including phenoxy) is 2. The minimum atomic E-state index is -0.327. The Morgan fingerprint density at radius 3 is 2.25 bits per heavy atom. The van der Waals surface area contributed by atoms with Crippen LogP contribution in [-0.4, -0.2) is 34.6 Å². The Morgan fingerprint density at radius 1 is 1.12 bits per heavy atom. The fourth-order valence-corrected chi connectivity index (χ4v) is 5.30. The van der Waals surface area contributed by atoms with Gasteiger partial charge in [-0.2, -0.15) is 5.26 Å². The molecule has 7 nitrogen and oxygen atoms in total. The second kappa shape index (κ2) is 8.42. The number of rotatable bonds is 6. The van der Waals surface area contributed by atoms with Crippen molar-refractivity contribution in [3.05, 3.63) is 46.5 Å². The molecule has 1 saturated carbocycles. The molecule has 7 heteroatoms. The van der Waals surface area contributed by atoms with Crippen LogP contribution in [0.4, 0.5) is 0 Å². The van der Waals surface area contributed by atoms with E-state index in [2.05, 4.69) is 49.0 Å². The molecule has 32 heavy (non-hydrogen) atoms. The number of nitrogens with one attached hydrogen (secondary N) is 1. The molecule has 2 aromatic rings. The summed E-state index contributed by atoms with van der Waals surface area (Å²) in [7, 11) is 0. The van der Waals surface area contributed by atoms with Gasteiger partial charge in [-0.1, -0.05) is 27.7 Å². The number of amides is 1. The molecule has 1 aromatic heterocycles. The van der Waals surface area contributed by atoms with Gasteiger partial charge >= 0.3 is 0 Å². The van der Waals surface area contributed by atoms with Gasteiger partial charge in [-0.15, -0.1) is 0 Å². The molecule has 1 amide bonds. The summed E-state index contributed by atoms with van der Waals surface area (Å²) >= 11 is 0. The maximum absolute atomic E-state index is 13.1. The number of hydrogen-bond donors (Lipinski definition) is 1. The molecule has 0 spiro atoms. The number of carbonyl (C=O) groups is 1. The van der Waals surface area contributed by atoms with Crippen molar-refractivity contribution in [3.8, 4) is 17.6 Å². The van der Waals surface area contributed by atoms with Crippen molar-refractivity contribution in [1.82, 2.24) is 15.3 Å². The van der Waals surface area contributed by atoms with Crippen molar-refractivity contribution in [2.24, 2.45) is 10.8 Å². The van der Waals surface area contributed by atoms with Crippen LogP contribution in [-0.2, 0) is 0 Å². The van der Waals surface area contributed by atoms with Crippen LogP contribution < -0.4 is 14.8 Å². The molecule has 0 radical (unpaired) electrons. The maximum atomic E-state index is 13.1. The maximum Gasteiger partial charge on any atom is 0.255 e. The van der Waals surface area contributed by atoms with Gasteiger partial charge in [-0.3, -0.25) is 4.79 Å². The zero-order chi connectivity index (χ0) is 23.8. The van der Waals surface area contributed by atoms with Gasteiger partial charge in [0.05, 0.1) is 29.1 Å². The van der Waals surface area contributed by atoms with Gasteiger partial charge in [0.25, 0.3) is 5.91 Å². The highest BCUT2D eigenvalue weighted by Gasteiger charge is 2.64. The number of aromatic nitrogens is 2. The summed E-state index contributed by atoms with van der Waals surface area (Å²) < 4.78 is 12.0. The van der Waals surface area contributed by atoms with E-state index < -0.39 is 0 Å². The van der Waals surface area contributed by atoms with E-state index in [4.69, 9.17) is 9.47 Å². The Hall–Kier alpha value is -3.14. The standard InChI is InChI=1S/C25H32N4O3/c1-9-31-19-12-18(11-10-17(19)13-26)32-23-24(5,6)22(25(23,7)8)29-21(30)20-14(2)27-16(4)28-15(20)3/h10-12,22-23H,9H2,1-8H3,(H,29,30). The van der Waals surface area contributed by atoms with Gasteiger partial charge in [0.15, 0.2) is 0 Å². The highest BCUT2D eigenvalue weighted by Crippen LogP contribution is 2.55. The third-order valence-electron chi connectivity index (χ3n) is 6.35. The van der Waals surface area contributed by atoms with Gasteiger partial charge in [-0.05, 0) is 39.8 Å². The molecule has 1 fully saturated rings. The molecule has 0 saturated heterocycles. The van der Waals surface area contributed by atoms with Gasteiger partial charge in [-0.25, -0.2) is 9.97 Å². The Kier molecular flexibility index (Phi) is 6.19. The first-order valence-corrected chi connectivity index (χ1v) is 10.9. The van der Waals surface area contributed by atoms with Gasteiger partial charge in [0, 0.05) is 22.9 Å². The van der Waals surface area contributed by atoms with Crippen molar-refractivity contribution in [2.75, 3.05) is 6.61 Å². The average Bonchev–Trinajstić information content (AvgIpc) is 2.69. The van der Waals surface area contributed by atoms with Gasteiger partial charge < -0.3 is 14.8 Å². The van der Waals surface area contributed by atoms with Crippen LogP contribution in [0.1, 0.15) is 67.8 Å². The molecule has 1 heterocycles. The quantitative estimate of drug-likeness (QED) is 0.726. The van der Waals surface area contributed by atoms with E-state index in [9.17, 15) is 10.1 Å². The van der Waals surface area contributed by atoms with E-state index in [1.165, 1.54) is 0 Å². The van der Waals surface area contributed by atoms with Crippen LogP contribution in [0.5, 0.6) is 11.5 Å². The minimum Gasteiger partial charge on any atom is -0.492 e. The normalized spacial score (nSPS) is 20.6. The Balaban J connectivity index is 1.82. The minimum absolute atomic E-state index is 0.114. The molecular weight excluding hydrogens is 404 g/mol. The topological polar surface area (TPSA) is 97.1 Å². The van der Waals surface area contributed by atoms with Crippen LogP contribution in [0.3, 0.4) is 0 Å². The van der Waals surface area contributed by atoms with Crippen LogP contribution in [0.15, 0.2) is 18.2 Å². The Bertz CT molecular complexity index is 1050. The summed E-state index contributed by atoms with van der Waals surface area (Å²) in [6, 6.07) is 7.28. The van der Waals surface area contributed by atoms with E-state index in [0.29, 0.717) is 46.4 Å². The highest BCUT2D eigenvalue weighted by molar-refractivity contribution is 5.96. The van der Waals surface area contributed by atoms with E-state index in [1.807, 2.05) is 27.7 Å². The summed E-state index contributed by atoms with van der Waals surface area (Å²) in [6.07, 6.45) is -0.154. The van der Waals surface area contributed by atoms with Crippen LogP contribution >= 0.6 is 0 Å². The molecule has 0 bridgehead atoms. The predicted octanol–water partition coefficient (Wildman–Crippen LogP) is 4.28. The number of carbonyl (C=O) groups excluding carboxylic acids is 1. The zero-order valence-corrected chi connectivity index (χ0v) is 20.2. The SMILES string of the molecule is CCOc1cc(OC2C(C)(C)C(NC(=O)c3c(C)nc(C)nc3C)C2(C)C)ccc1C#N. The molecule has 1 aliphatic carbocycles. The van der Waals surface area contributed by atoms with Crippen molar-refractivity contribution >= 4 is 5.91 Å². The summed E-state index contributed by atoms with van der Waals surface area (Å²) in [5.74, 6) is 1.64. The van der Waals surface area contributed by atoms with Crippen molar-refractivity contribution in [2.45, 2.75) is 67.5 Å². The number of nitrogens with zero attached hydrogens (tertiary/aromatic N) is 3. The monoisotopic (exact) mass is 436 g/mol. The van der Waals surface area contributed by atoms with Crippen LogP contribution in [0.2, 0.25) is 0 Å². The first-order chi connectivity index (χ1) is 14.9. The first-order valence-electron chi connectivity index (χ1n) is 10.9. The molecule has 170 valence electrons. The fraction of sp³-hybridized carbons (Fsp3) is 0.520. The lowest BCUT2D eigenvalue weighted by Gasteiger charge is -2.63. The molecule has 0 aliphatic heterocycles. The number of benzene rings is 1. The van der Waals surface area contributed by atoms with Crippen LogP contribution in [0.25, 0.3) is 0 Å². The highest BCUT2D eigenvalue weighted by atomic mass is 16.5. The van der Waals surface area contributed by atoms with Crippen molar-refractivity contribution in [3.63, 3.8) is 0 Å². The third-order valence-corrected chi connectivity index (χ3v) is 6.35. The molecule has 0 atom stereocenters. The molecule has 1 aromatic carbocycles. The summed E-state index contributed by atoms with van der Waals surface area (Å²) in [4.78, 5) is 21.9. The average molecular weight is 437 g/mol. The van der Waals surface area contributed by atoms with Crippen LogP contribution in [0, 0.1) is 42.9 Å². The first kappa shape index (κ1) is 23.5. The largest absolute Gasteiger partial charge is 0.492 e. The van der Waals surface area contributed by atoms with E-state index in [-0.39, 0.29) is 28.9 Å². The zero-order valence-electron chi connectivity index (χ0n) is 20.2. The van der Waals surface area contributed by atoms with E-state index >= 15 is 0 Å². The molecule has 3 rings (SSSR count). The van der Waals surface area contributed by atoms with Gasteiger partial charge in [0.1, 0.15) is 29.5 Å². The lowest BCUT2D eigenvalue weighted by Crippen LogP contribution is -2.74. The Labute approximate surface area is 190 Å². The summed E-state index contributed by atoms with van der Waals surface area (Å²) in [5, 5.41) is 12.5. The second-order valence-corrected chi connectivity index (χ2v) is 9.57. The van der Waals surface area contributed by atoms with E-state index in [0.717, 1.165) is 0 Å². The smallest absolute Gasteiger partial charge is 0.255 e. The summed E-state index contributed by atoms with van der Waals surface area (Å²) in [6.45, 7) is 16.2. The number of nitriles is 1.